The standard InChI is InChI=1S/C25H20ClN3O5/c1-2-32-25(31)16-11-13-17(14-12-16)27-22(30)15-33-21-10-6-4-8-19(21)24-28-23(29-34-24)18-7-3-5-9-20(18)26/h3-14H,2,15H2,1H3,(H,27,30). The predicted molar refractivity (Wildman–Crippen MR) is 127 cm³/mol. The van der Waals surface area contributed by atoms with Crippen LogP contribution in [0.15, 0.2) is 77.3 Å². The number of nitrogens with one attached hydrogen (secondary N) is 1. The summed E-state index contributed by atoms with van der Waals surface area (Å²) in [6.07, 6.45) is 0. The van der Waals surface area contributed by atoms with Crippen LogP contribution in [0.25, 0.3) is 22.8 Å². The molecule has 3 aromatic carbocycles. The van der Waals surface area contributed by atoms with Crippen molar-refractivity contribution >= 4 is 29.2 Å². The fourth-order valence-corrected chi connectivity index (χ4v) is 3.32. The van der Waals surface area contributed by atoms with E-state index in [1.807, 2.05) is 12.1 Å². The highest BCUT2D eigenvalue weighted by Crippen LogP contribution is 2.32. The lowest BCUT2D eigenvalue weighted by Crippen LogP contribution is -2.20. The van der Waals surface area contributed by atoms with E-state index in [1.165, 1.54) is 0 Å². The van der Waals surface area contributed by atoms with Crippen molar-refractivity contribution in [3.63, 3.8) is 0 Å². The Hall–Kier alpha value is -4.17. The number of para-hydroxylation sites is 1. The van der Waals surface area contributed by atoms with Gasteiger partial charge in [-0.2, -0.15) is 4.98 Å². The van der Waals surface area contributed by atoms with Crippen LogP contribution < -0.4 is 10.1 Å². The van der Waals surface area contributed by atoms with Crippen molar-refractivity contribution in [3.05, 3.63) is 83.4 Å². The Labute approximate surface area is 200 Å². The van der Waals surface area contributed by atoms with Crippen molar-refractivity contribution in [1.29, 1.82) is 0 Å². The molecule has 0 aliphatic heterocycles. The number of aromatic nitrogens is 2. The van der Waals surface area contributed by atoms with Gasteiger partial charge in [-0.1, -0.05) is 41.0 Å². The zero-order valence-electron chi connectivity index (χ0n) is 18.2. The maximum absolute atomic E-state index is 12.4. The maximum Gasteiger partial charge on any atom is 0.338 e. The number of benzene rings is 3. The molecule has 172 valence electrons. The van der Waals surface area contributed by atoms with Crippen LogP contribution in [0.3, 0.4) is 0 Å². The van der Waals surface area contributed by atoms with Gasteiger partial charge in [-0.05, 0) is 55.5 Å². The molecule has 0 fully saturated rings. The zero-order valence-corrected chi connectivity index (χ0v) is 18.9. The molecule has 34 heavy (non-hydrogen) atoms. The molecule has 1 amide bonds. The van der Waals surface area contributed by atoms with E-state index in [-0.39, 0.29) is 18.4 Å². The Bertz CT molecular complexity index is 1300. The largest absolute Gasteiger partial charge is 0.483 e. The minimum absolute atomic E-state index is 0.237. The molecular formula is C25H20ClN3O5. The monoisotopic (exact) mass is 477 g/mol. The molecule has 0 radical (unpaired) electrons. The summed E-state index contributed by atoms with van der Waals surface area (Å²) in [7, 11) is 0. The van der Waals surface area contributed by atoms with Crippen LogP contribution >= 0.6 is 11.6 Å². The molecule has 0 saturated carbocycles. The van der Waals surface area contributed by atoms with Gasteiger partial charge in [0.05, 0.1) is 22.8 Å². The van der Waals surface area contributed by atoms with Crippen LogP contribution in [0.1, 0.15) is 17.3 Å². The minimum atomic E-state index is -0.418. The highest BCUT2D eigenvalue weighted by molar-refractivity contribution is 6.33. The van der Waals surface area contributed by atoms with Gasteiger partial charge in [-0.15, -0.1) is 0 Å². The fraction of sp³-hybridized carbons (Fsp3) is 0.120. The van der Waals surface area contributed by atoms with Crippen LogP contribution in [0.2, 0.25) is 5.02 Å². The van der Waals surface area contributed by atoms with Crippen LogP contribution in [0, 0.1) is 0 Å². The second kappa shape index (κ2) is 10.6. The number of esters is 1. The highest BCUT2D eigenvalue weighted by Gasteiger charge is 2.17. The molecule has 4 aromatic rings. The Kier molecular flexibility index (Phi) is 7.19. The quantitative estimate of drug-likeness (QED) is 0.345. The Balaban J connectivity index is 1.42. The van der Waals surface area contributed by atoms with Gasteiger partial charge < -0.3 is 19.3 Å². The maximum atomic E-state index is 12.4. The number of ether oxygens (including phenoxy) is 2. The third-order valence-corrected chi connectivity index (χ3v) is 5.03. The van der Waals surface area contributed by atoms with Crippen LogP contribution in [0.4, 0.5) is 5.69 Å². The third-order valence-electron chi connectivity index (χ3n) is 4.70. The summed E-state index contributed by atoms with van der Waals surface area (Å²) in [4.78, 5) is 28.5. The summed E-state index contributed by atoms with van der Waals surface area (Å²) in [5, 5.41) is 7.23. The van der Waals surface area contributed by atoms with Crippen LogP contribution in [-0.4, -0.2) is 35.2 Å². The minimum Gasteiger partial charge on any atom is -0.483 e. The van der Waals surface area contributed by atoms with E-state index in [0.717, 1.165) is 0 Å². The number of anilines is 1. The van der Waals surface area contributed by atoms with E-state index in [0.29, 0.717) is 45.6 Å². The normalized spacial score (nSPS) is 10.5. The van der Waals surface area contributed by atoms with Gasteiger partial charge in [-0.25, -0.2) is 4.79 Å². The first kappa shape index (κ1) is 23.0. The molecule has 0 bridgehead atoms. The fourth-order valence-electron chi connectivity index (χ4n) is 3.10. The summed E-state index contributed by atoms with van der Waals surface area (Å²) in [5.74, 6) is 0.199. The second-order valence-electron chi connectivity index (χ2n) is 7.03. The van der Waals surface area contributed by atoms with Gasteiger partial charge in [-0.3, -0.25) is 4.79 Å². The molecular weight excluding hydrogens is 458 g/mol. The summed E-state index contributed by atoms with van der Waals surface area (Å²) < 4.78 is 16.1. The van der Waals surface area contributed by atoms with Crippen LogP contribution in [0.5, 0.6) is 5.75 Å². The molecule has 1 N–H and O–H groups in total. The Morgan fingerprint density at radius 1 is 0.971 bits per heavy atom. The van der Waals surface area contributed by atoms with Crippen molar-refractivity contribution in [2.24, 2.45) is 0 Å². The van der Waals surface area contributed by atoms with Gasteiger partial charge in [0.25, 0.3) is 11.8 Å². The Morgan fingerprint density at radius 3 is 2.41 bits per heavy atom. The number of carbonyl (C=O) groups excluding carboxylic acids is 2. The van der Waals surface area contributed by atoms with Gasteiger partial charge >= 0.3 is 5.97 Å². The number of amides is 1. The van der Waals surface area contributed by atoms with Crippen LogP contribution in [-0.2, 0) is 9.53 Å². The molecule has 1 heterocycles. The third kappa shape index (κ3) is 5.41. The topological polar surface area (TPSA) is 104 Å². The average Bonchev–Trinajstić information content (AvgIpc) is 3.34. The van der Waals surface area contributed by atoms with E-state index >= 15 is 0 Å². The molecule has 9 heteroatoms. The first-order chi connectivity index (χ1) is 16.5. The smallest absolute Gasteiger partial charge is 0.338 e. The number of rotatable bonds is 8. The summed E-state index contributed by atoms with van der Waals surface area (Å²) in [6.45, 7) is 1.78. The van der Waals surface area contributed by atoms with E-state index in [2.05, 4.69) is 15.5 Å². The summed E-state index contributed by atoms with van der Waals surface area (Å²) in [5.41, 5.74) is 2.11. The first-order valence-electron chi connectivity index (χ1n) is 10.4. The van der Waals surface area contributed by atoms with E-state index in [4.69, 9.17) is 25.6 Å². The SMILES string of the molecule is CCOC(=O)c1ccc(NC(=O)COc2ccccc2-c2nc(-c3ccccc3Cl)no2)cc1. The number of nitrogens with zero attached hydrogens (tertiary/aromatic N) is 2. The molecule has 4 rings (SSSR count). The molecule has 1 aromatic heterocycles. The molecule has 0 atom stereocenters. The Morgan fingerprint density at radius 2 is 1.68 bits per heavy atom. The van der Waals surface area contributed by atoms with Crippen molar-refractivity contribution in [2.45, 2.75) is 6.92 Å². The van der Waals surface area contributed by atoms with E-state index < -0.39 is 5.97 Å². The van der Waals surface area contributed by atoms with Gasteiger partial charge in [0.1, 0.15) is 5.75 Å². The molecule has 8 nitrogen and oxygen atoms in total. The van der Waals surface area contributed by atoms with Gasteiger partial charge in [0, 0.05) is 11.3 Å². The molecule has 0 unspecified atom stereocenters. The first-order valence-corrected chi connectivity index (χ1v) is 10.8. The van der Waals surface area contributed by atoms with Gasteiger partial charge in [0.2, 0.25) is 5.82 Å². The number of hydrogen-bond acceptors (Lipinski definition) is 7. The number of carbonyl (C=O) groups is 2. The predicted octanol–water partition coefficient (Wildman–Crippen LogP) is 5.25. The van der Waals surface area contributed by atoms with Crippen molar-refractivity contribution in [1.82, 2.24) is 10.1 Å². The molecule has 0 aliphatic carbocycles. The lowest BCUT2D eigenvalue weighted by molar-refractivity contribution is -0.118. The summed E-state index contributed by atoms with van der Waals surface area (Å²) in [6, 6.07) is 20.6. The number of halogens is 1. The van der Waals surface area contributed by atoms with Gasteiger partial charge in [0.15, 0.2) is 6.61 Å². The van der Waals surface area contributed by atoms with Crippen molar-refractivity contribution in [2.75, 3.05) is 18.5 Å². The van der Waals surface area contributed by atoms with E-state index in [9.17, 15) is 9.59 Å². The van der Waals surface area contributed by atoms with E-state index in [1.54, 1.807) is 67.6 Å². The van der Waals surface area contributed by atoms with Crippen molar-refractivity contribution < 1.29 is 23.6 Å². The lowest BCUT2D eigenvalue weighted by atomic mass is 10.2. The lowest BCUT2D eigenvalue weighted by Gasteiger charge is -2.10. The zero-order chi connectivity index (χ0) is 23.9. The highest BCUT2D eigenvalue weighted by atomic mass is 35.5. The molecule has 0 spiro atoms. The summed E-state index contributed by atoms with van der Waals surface area (Å²) >= 11 is 6.22. The molecule has 0 saturated heterocycles. The second-order valence-corrected chi connectivity index (χ2v) is 7.44. The average molecular weight is 478 g/mol. The number of hydrogen-bond donors (Lipinski definition) is 1. The van der Waals surface area contributed by atoms with Crippen molar-refractivity contribution in [3.8, 4) is 28.6 Å². The molecule has 0 aliphatic rings.